The third kappa shape index (κ3) is 3.63. The number of likely N-dealkylation sites (tertiary alicyclic amines) is 1. The van der Waals surface area contributed by atoms with Gasteiger partial charge >= 0.3 is 0 Å². The first-order valence-corrected chi connectivity index (χ1v) is 8.08. The molecule has 2 heteroatoms. The largest absolute Gasteiger partial charge is 0.339 e. The van der Waals surface area contributed by atoms with Crippen LogP contribution in [-0.2, 0) is 17.6 Å². The van der Waals surface area contributed by atoms with E-state index in [2.05, 4.69) is 24.3 Å². The van der Waals surface area contributed by atoms with E-state index in [9.17, 15) is 4.79 Å². The summed E-state index contributed by atoms with van der Waals surface area (Å²) in [4.78, 5) is 13.9. The molecular weight excluding hydrogens is 258 g/mol. The van der Waals surface area contributed by atoms with Gasteiger partial charge in [0.15, 0.2) is 0 Å². The number of piperidine rings is 1. The highest BCUT2D eigenvalue weighted by Crippen LogP contribution is 2.23. The van der Waals surface area contributed by atoms with Gasteiger partial charge in [-0.3, -0.25) is 4.79 Å². The summed E-state index contributed by atoms with van der Waals surface area (Å²) in [6.07, 6.45) is 14.9. The lowest BCUT2D eigenvalue weighted by molar-refractivity contribution is -0.126. The van der Waals surface area contributed by atoms with Crippen LogP contribution in [0.5, 0.6) is 0 Å². The van der Waals surface area contributed by atoms with Gasteiger partial charge in [-0.1, -0.05) is 36.4 Å². The Morgan fingerprint density at radius 2 is 1.76 bits per heavy atom. The van der Waals surface area contributed by atoms with Crippen molar-refractivity contribution in [2.45, 2.75) is 38.5 Å². The number of hydrogen-bond acceptors (Lipinski definition) is 1. The van der Waals surface area contributed by atoms with Gasteiger partial charge in [-0.05, 0) is 55.2 Å². The first-order chi connectivity index (χ1) is 10.3. The van der Waals surface area contributed by atoms with Gasteiger partial charge in [0.2, 0.25) is 5.91 Å². The first-order valence-electron chi connectivity index (χ1n) is 8.08. The van der Waals surface area contributed by atoms with Gasteiger partial charge in [0.25, 0.3) is 0 Å². The van der Waals surface area contributed by atoms with Crippen LogP contribution in [0.25, 0.3) is 6.08 Å². The van der Waals surface area contributed by atoms with Crippen molar-refractivity contribution in [3.63, 3.8) is 0 Å². The van der Waals surface area contributed by atoms with Crippen LogP contribution in [0.1, 0.15) is 42.4 Å². The van der Waals surface area contributed by atoms with Gasteiger partial charge in [-0.2, -0.15) is 0 Å². The molecule has 0 bridgehead atoms. The van der Waals surface area contributed by atoms with E-state index in [-0.39, 0.29) is 5.91 Å². The summed E-state index contributed by atoms with van der Waals surface area (Å²) in [5.41, 5.74) is 4.22. The fraction of sp³-hybridized carbons (Fsp3) is 0.421. The number of carbonyl (C=O) groups is 1. The van der Waals surface area contributed by atoms with Gasteiger partial charge in [0.1, 0.15) is 0 Å². The van der Waals surface area contributed by atoms with Crippen molar-refractivity contribution in [3.8, 4) is 0 Å². The van der Waals surface area contributed by atoms with Gasteiger partial charge in [0.05, 0.1) is 0 Å². The molecule has 0 saturated carbocycles. The monoisotopic (exact) mass is 281 g/mol. The maximum Gasteiger partial charge on any atom is 0.246 e. The molecule has 0 radical (unpaired) electrons. The van der Waals surface area contributed by atoms with Crippen LogP contribution in [0.3, 0.4) is 0 Å². The van der Waals surface area contributed by atoms with E-state index in [1.807, 2.05) is 17.1 Å². The highest BCUT2D eigenvalue weighted by atomic mass is 16.2. The fourth-order valence-corrected chi connectivity index (χ4v) is 3.22. The zero-order valence-corrected chi connectivity index (χ0v) is 12.6. The summed E-state index contributed by atoms with van der Waals surface area (Å²) in [6.45, 7) is 1.83. The lowest BCUT2D eigenvalue weighted by Gasteiger charge is -2.25. The Balaban J connectivity index is 1.56. The summed E-state index contributed by atoms with van der Waals surface area (Å²) in [6, 6.07) is 6.69. The second-order valence-corrected chi connectivity index (χ2v) is 5.99. The molecule has 1 fully saturated rings. The maximum atomic E-state index is 12.0. The van der Waals surface area contributed by atoms with Gasteiger partial charge in [-0.15, -0.1) is 0 Å². The number of amides is 1. The standard InChI is InChI=1S/C19H23NO/c21-19(20-13-4-1-5-14-20)10-3-2-7-16-11-12-17-8-6-9-18(17)15-16/h2-3,7,10-12,15H,1,4-6,8-9,13-14H2/b7-2+,10-3+. The number of nitrogens with zero attached hydrogens (tertiary/aromatic N) is 1. The number of hydrogen-bond donors (Lipinski definition) is 0. The molecule has 21 heavy (non-hydrogen) atoms. The third-order valence-electron chi connectivity index (χ3n) is 4.43. The molecule has 0 aromatic heterocycles. The quantitative estimate of drug-likeness (QED) is 0.610. The SMILES string of the molecule is O=C(/C=C/C=C/c1ccc2c(c1)CCC2)N1CCCCC1. The van der Waals surface area contributed by atoms with Gasteiger partial charge in [0, 0.05) is 19.2 Å². The minimum absolute atomic E-state index is 0.147. The highest BCUT2D eigenvalue weighted by Gasteiger charge is 2.13. The number of allylic oxidation sites excluding steroid dienone is 2. The molecular formula is C19H23NO. The molecule has 1 aliphatic carbocycles. The second kappa shape index (κ2) is 6.75. The molecule has 1 amide bonds. The van der Waals surface area contributed by atoms with E-state index in [1.165, 1.54) is 42.4 Å². The van der Waals surface area contributed by atoms with E-state index in [0.29, 0.717) is 0 Å². The lowest BCUT2D eigenvalue weighted by atomic mass is 10.1. The minimum atomic E-state index is 0.147. The average molecular weight is 281 g/mol. The maximum absolute atomic E-state index is 12.0. The van der Waals surface area contributed by atoms with Crippen molar-refractivity contribution < 1.29 is 4.79 Å². The molecule has 1 aromatic rings. The number of benzene rings is 1. The summed E-state index contributed by atoms with van der Waals surface area (Å²) < 4.78 is 0. The molecule has 0 unspecified atom stereocenters. The van der Waals surface area contributed by atoms with Crippen LogP contribution in [0.2, 0.25) is 0 Å². The highest BCUT2D eigenvalue weighted by molar-refractivity contribution is 5.88. The molecule has 1 saturated heterocycles. The van der Waals surface area contributed by atoms with E-state index in [0.717, 1.165) is 25.9 Å². The summed E-state index contributed by atoms with van der Waals surface area (Å²) in [5.74, 6) is 0.147. The van der Waals surface area contributed by atoms with E-state index >= 15 is 0 Å². The fourth-order valence-electron chi connectivity index (χ4n) is 3.22. The molecule has 2 aliphatic rings. The smallest absolute Gasteiger partial charge is 0.246 e. The predicted octanol–water partition coefficient (Wildman–Crippen LogP) is 3.76. The Bertz CT molecular complexity index is 565. The number of carbonyl (C=O) groups excluding carboxylic acids is 1. The molecule has 0 N–H and O–H groups in total. The number of fused-ring (bicyclic) bond motifs is 1. The van der Waals surface area contributed by atoms with Crippen LogP contribution in [-0.4, -0.2) is 23.9 Å². The Morgan fingerprint density at radius 3 is 2.62 bits per heavy atom. The molecule has 1 heterocycles. The van der Waals surface area contributed by atoms with E-state index in [1.54, 1.807) is 6.08 Å². The van der Waals surface area contributed by atoms with Crippen molar-refractivity contribution in [1.82, 2.24) is 4.90 Å². The molecule has 3 rings (SSSR count). The zero-order chi connectivity index (χ0) is 14.5. The number of rotatable bonds is 3. The van der Waals surface area contributed by atoms with Crippen molar-refractivity contribution in [2.24, 2.45) is 0 Å². The van der Waals surface area contributed by atoms with Crippen molar-refractivity contribution in [2.75, 3.05) is 13.1 Å². The average Bonchev–Trinajstić information content (AvgIpc) is 3.00. The summed E-state index contributed by atoms with van der Waals surface area (Å²) in [5, 5.41) is 0. The lowest BCUT2D eigenvalue weighted by Crippen LogP contribution is -2.34. The third-order valence-corrected chi connectivity index (χ3v) is 4.43. The normalized spacial score (nSPS) is 18.6. The Kier molecular flexibility index (Phi) is 4.54. The zero-order valence-electron chi connectivity index (χ0n) is 12.6. The predicted molar refractivity (Wildman–Crippen MR) is 87.1 cm³/mol. The Hall–Kier alpha value is -1.83. The topological polar surface area (TPSA) is 20.3 Å². The van der Waals surface area contributed by atoms with Gasteiger partial charge in [-0.25, -0.2) is 0 Å². The Morgan fingerprint density at radius 1 is 0.952 bits per heavy atom. The van der Waals surface area contributed by atoms with Crippen LogP contribution in [0, 0.1) is 0 Å². The molecule has 2 nitrogen and oxygen atoms in total. The summed E-state index contributed by atoms with van der Waals surface area (Å²) >= 11 is 0. The molecule has 1 aromatic carbocycles. The van der Waals surface area contributed by atoms with Crippen molar-refractivity contribution in [1.29, 1.82) is 0 Å². The minimum Gasteiger partial charge on any atom is -0.339 e. The van der Waals surface area contributed by atoms with Crippen molar-refractivity contribution >= 4 is 12.0 Å². The van der Waals surface area contributed by atoms with E-state index < -0.39 is 0 Å². The number of aryl methyl sites for hydroxylation is 2. The Labute approximate surface area is 127 Å². The molecule has 0 spiro atoms. The van der Waals surface area contributed by atoms with Crippen LogP contribution in [0.4, 0.5) is 0 Å². The second-order valence-electron chi connectivity index (χ2n) is 5.99. The molecule has 110 valence electrons. The van der Waals surface area contributed by atoms with Crippen LogP contribution >= 0.6 is 0 Å². The molecule has 1 aliphatic heterocycles. The van der Waals surface area contributed by atoms with Crippen molar-refractivity contribution in [3.05, 3.63) is 53.1 Å². The molecule has 0 atom stereocenters. The van der Waals surface area contributed by atoms with Crippen LogP contribution in [0.15, 0.2) is 36.4 Å². The van der Waals surface area contributed by atoms with Gasteiger partial charge < -0.3 is 4.90 Å². The summed E-state index contributed by atoms with van der Waals surface area (Å²) in [7, 11) is 0. The van der Waals surface area contributed by atoms with E-state index in [4.69, 9.17) is 0 Å². The first kappa shape index (κ1) is 14.1. The van der Waals surface area contributed by atoms with Crippen LogP contribution < -0.4 is 0 Å².